The third-order valence-corrected chi connectivity index (χ3v) is 3.58. The van der Waals surface area contributed by atoms with E-state index in [1.807, 2.05) is 0 Å². The van der Waals surface area contributed by atoms with Gasteiger partial charge in [0.05, 0.1) is 12.7 Å². The maximum Gasteiger partial charge on any atom is 0.135 e. The molecular formula is C12H23N3O. The molecule has 1 saturated heterocycles. The van der Waals surface area contributed by atoms with Crippen molar-refractivity contribution in [2.75, 3.05) is 46.9 Å². The minimum atomic E-state index is -0.462. The number of nitriles is 1. The van der Waals surface area contributed by atoms with Crippen LogP contribution in [0.2, 0.25) is 0 Å². The van der Waals surface area contributed by atoms with Gasteiger partial charge in [0, 0.05) is 33.3 Å². The van der Waals surface area contributed by atoms with E-state index in [1.165, 1.54) is 0 Å². The predicted octanol–water partition coefficient (Wildman–Crippen LogP) is 0.799. The molecule has 1 aliphatic rings. The zero-order chi connectivity index (χ0) is 12.2. The van der Waals surface area contributed by atoms with Gasteiger partial charge in [-0.25, -0.2) is 0 Å². The zero-order valence-electron chi connectivity index (χ0n) is 10.9. The predicted molar refractivity (Wildman–Crippen MR) is 64.1 cm³/mol. The second-order valence-corrected chi connectivity index (χ2v) is 4.91. The van der Waals surface area contributed by atoms with Crippen LogP contribution in [0.15, 0.2) is 0 Å². The smallest absolute Gasteiger partial charge is 0.135 e. The molecule has 0 radical (unpaired) electrons. The quantitative estimate of drug-likeness (QED) is 0.709. The van der Waals surface area contributed by atoms with Crippen molar-refractivity contribution < 1.29 is 4.74 Å². The number of likely N-dealkylation sites (N-methyl/N-ethyl adjacent to an activating group) is 1. The van der Waals surface area contributed by atoms with E-state index in [1.54, 1.807) is 7.11 Å². The minimum Gasteiger partial charge on any atom is -0.382 e. The molecule has 92 valence electrons. The molecule has 0 aliphatic carbocycles. The zero-order valence-corrected chi connectivity index (χ0v) is 10.9. The van der Waals surface area contributed by atoms with Gasteiger partial charge in [-0.1, -0.05) is 13.8 Å². The lowest BCUT2D eigenvalue weighted by Crippen LogP contribution is -2.60. The normalized spacial score (nSPS) is 23.0. The van der Waals surface area contributed by atoms with Gasteiger partial charge < -0.3 is 9.64 Å². The number of ether oxygens (including phenoxy) is 1. The molecule has 16 heavy (non-hydrogen) atoms. The monoisotopic (exact) mass is 225 g/mol. The molecule has 4 nitrogen and oxygen atoms in total. The van der Waals surface area contributed by atoms with Gasteiger partial charge in [-0.2, -0.15) is 5.26 Å². The number of hydrogen-bond donors (Lipinski definition) is 0. The summed E-state index contributed by atoms with van der Waals surface area (Å²) in [5.41, 5.74) is -0.462. The molecule has 0 N–H and O–H groups in total. The Bertz CT molecular complexity index is 253. The van der Waals surface area contributed by atoms with Gasteiger partial charge in [-0.15, -0.1) is 0 Å². The van der Waals surface area contributed by atoms with Gasteiger partial charge in [0.25, 0.3) is 0 Å². The van der Waals surface area contributed by atoms with Crippen molar-refractivity contribution in [2.45, 2.75) is 19.4 Å². The highest BCUT2D eigenvalue weighted by atomic mass is 16.5. The lowest BCUT2D eigenvalue weighted by atomic mass is 9.86. The maximum atomic E-state index is 9.51. The fourth-order valence-corrected chi connectivity index (χ4v) is 2.28. The number of methoxy groups -OCH3 is 1. The molecule has 0 aromatic carbocycles. The Kier molecular flexibility index (Phi) is 4.72. The summed E-state index contributed by atoms with van der Waals surface area (Å²) < 4.78 is 5.26. The van der Waals surface area contributed by atoms with E-state index < -0.39 is 5.54 Å². The van der Waals surface area contributed by atoms with E-state index >= 15 is 0 Å². The Balaban J connectivity index is 2.80. The number of piperazine rings is 1. The van der Waals surface area contributed by atoms with E-state index in [0.717, 1.165) is 26.2 Å². The van der Waals surface area contributed by atoms with Crippen LogP contribution in [0, 0.1) is 17.2 Å². The minimum absolute atomic E-state index is 0.279. The van der Waals surface area contributed by atoms with Crippen molar-refractivity contribution in [3.63, 3.8) is 0 Å². The fourth-order valence-electron chi connectivity index (χ4n) is 2.28. The lowest BCUT2D eigenvalue weighted by molar-refractivity contribution is -0.00719. The van der Waals surface area contributed by atoms with Crippen molar-refractivity contribution in [3.8, 4) is 6.07 Å². The molecule has 1 unspecified atom stereocenters. The van der Waals surface area contributed by atoms with Crippen LogP contribution in [0.4, 0.5) is 0 Å². The van der Waals surface area contributed by atoms with Crippen LogP contribution in [0.1, 0.15) is 13.8 Å². The van der Waals surface area contributed by atoms with Crippen LogP contribution in [-0.4, -0.2) is 62.3 Å². The average molecular weight is 225 g/mol. The van der Waals surface area contributed by atoms with Crippen molar-refractivity contribution in [1.29, 1.82) is 5.26 Å². The lowest BCUT2D eigenvalue weighted by Gasteiger charge is -2.45. The Labute approximate surface area is 98.8 Å². The summed E-state index contributed by atoms with van der Waals surface area (Å²) in [6.07, 6.45) is 0. The summed E-state index contributed by atoms with van der Waals surface area (Å²) in [6.45, 7) is 8.64. The van der Waals surface area contributed by atoms with Gasteiger partial charge in [-0.05, 0) is 13.0 Å². The van der Waals surface area contributed by atoms with Crippen molar-refractivity contribution in [1.82, 2.24) is 9.80 Å². The highest BCUT2D eigenvalue weighted by Crippen LogP contribution is 2.26. The fraction of sp³-hybridized carbons (Fsp3) is 0.917. The first-order chi connectivity index (χ1) is 7.56. The highest BCUT2D eigenvalue weighted by Gasteiger charge is 2.41. The SMILES string of the molecule is COCC(C#N)(C(C)C)N1CCN(C)CC1. The van der Waals surface area contributed by atoms with Crippen LogP contribution < -0.4 is 0 Å². The van der Waals surface area contributed by atoms with E-state index in [0.29, 0.717) is 6.61 Å². The summed E-state index contributed by atoms with van der Waals surface area (Å²) in [6, 6.07) is 2.48. The summed E-state index contributed by atoms with van der Waals surface area (Å²) in [7, 11) is 3.79. The van der Waals surface area contributed by atoms with Crippen molar-refractivity contribution in [2.24, 2.45) is 5.92 Å². The maximum absolute atomic E-state index is 9.51. The average Bonchev–Trinajstić information content (AvgIpc) is 2.27. The molecule has 0 aromatic rings. The number of hydrogen-bond acceptors (Lipinski definition) is 4. The largest absolute Gasteiger partial charge is 0.382 e. The second kappa shape index (κ2) is 5.62. The summed E-state index contributed by atoms with van der Waals surface area (Å²) in [5.74, 6) is 0.279. The molecule has 0 amide bonds. The molecule has 1 aliphatic heterocycles. The third kappa shape index (κ3) is 2.54. The Morgan fingerprint density at radius 3 is 2.25 bits per heavy atom. The Morgan fingerprint density at radius 1 is 1.31 bits per heavy atom. The Hall–Kier alpha value is -0.630. The highest BCUT2D eigenvalue weighted by molar-refractivity contribution is 5.11. The molecular weight excluding hydrogens is 202 g/mol. The molecule has 1 heterocycles. The van der Waals surface area contributed by atoms with E-state index in [2.05, 4.69) is 36.8 Å². The van der Waals surface area contributed by atoms with Crippen LogP contribution in [-0.2, 0) is 4.74 Å². The van der Waals surface area contributed by atoms with Crippen molar-refractivity contribution in [3.05, 3.63) is 0 Å². The van der Waals surface area contributed by atoms with Gasteiger partial charge in [0.15, 0.2) is 0 Å². The van der Waals surface area contributed by atoms with Gasteiger partial charge >= 0.3 is 0 Å². The van der Waals surface area contributed by atoms with E-state index in [-0.39, 0.29) is 5.92 Å². The van der Waals surface area contributed by atoms with Gasteiger partial charge in [-0.3, -0.25) is 4.90 Å². The second-order valence-electron chi connectivity index (χ2n) is 4.91. The van der Waals surface area contributed by atoms with Crippen LogP contribution in [0.5, 0.6) is 0 Å². The molecule has 1 atom stereocenters. The van der Waals surface area contributed by atoms with Crippen LogP contribution in [0.25, 0.3) is 0 Å². The first-order valence-corrected chi connectivity index (χ1v) is 5.90. The van der Waals surface area contributed by atoms with E-state index in [4.69, 9.17) is 4.74 Å². The summed E-state index contributed by atoms with van der Waals surface area (Å²) in [4.78, 5) is 4.58. The van der Waals surface area contributed by atoms with Crippen LogP contribution >= 0.6 is 0 Å². The molecule has 0 spiro atoms. The summed E-state index contributed by atoms with van der Waals surface area (Å²) >= 11 is 0. The first-order valence-electron chi connectivity index (χ1n) is 5.90. The standard InChI is InChI=1S/C12H23N3O/c1-11(2)12(9-13,10-16-4)15-7-5-14(3)6-8-15/h11H,5-8,10H2,1-4H3. The molecule has 0 bridgehead atoms. The first kappa shape index (κ1) is 13.4. The van der Waals surface area contributed by atoms with Gasteiger partial charge in [0.2, 0.25) is 0 Å². The Morgan fingerprint density at radius 2 is 1.88 bits per heavy atom. The number of rotatable bonds is 4. The summed E-state index contributed by atoms with van der Waals surface area (Å²) in [5, 5.41) is 9.51. The van der Waals surface area contributed by atoms with E-state index in [9.17, 15) is 5.26 Å². The molecule has 0 saturated carbocycles. The van der Waals surface area contributed by atoms with Crippen molar-refractivity contribution >= 4 is 0 Å². The molecule has 1 fully saturated rings. The van der Waals surface area contributed by atoms with Crippen LogP contribution in [0.3, 0.4) is 0 Å². The number of nitrogens with zero attached hydrogens (tertiary/aromatic N) is 3. The molecule has 1 rings (SSSR count). The molecule has 0 aromatic heterocycles. The topological polar surface area (TPSA) is 39.5 Å². The third-order valence-electron chi connectivity index (χ3n) is 3.58. The molecule has 4 heteroatoms. The van der Waals surface area contributed by atoms with Gasteiger partial charge in [0.1, 0.15) is 5.54 Å².